The Morgan fingerprint density at radius 1 is 1.24 bits per heavy atom. The van der Waals surface area contributed by atoms with Gasteiger partial charge in [0.1, 0.15) is 6.04 Å². The van der Waals surface area contributed by atoms with E-state index in [4.69, 9.17) is 10.8 Å². The van der Waals surface area contributed by atoms with Gasteiger partial charge in [0.05, 0.1) is 6.42 Å². The average Bonchev–Trinajstić information content (AvgIpc) is 2.43. The predicted molar refractivity (Wildman–Crippen MR) is 79.8 cm³/mol. The van der Waals surface area contributed by atoms with Gasteiger partial charge in [0, 0.05) is 11.3 Å². The van der Waals surface area contributed by atoms with Crippen molar-refractivity contribution in [1.82, 2.24) is 5.32 Å². The molecule has 114 valence electrons. The summed E-state index contributed by atoms with van der Waals surface area (Å²) in [7, 11) is 0. The Balaban J connectivity index is 2.26. The highest BCUT2D eigenvalue weighted by Crippen LogP contribution is 2.18. The summed E-state index contributed by atoms with van der Waals surface area (Å²) in [6, 6.07) is 8.53. The molecule has 0 aliphatic heterocycles. The van der Waals surface area contributed by atoms with Crippen molar-refractivity contribution in [3.63, 3.8) is 0 Å². The summed E-state index contributed by atoms with van der Waals surface area (Å²) in [6.07, 6.45) is 0.427. The number of thioether (sulfide) groups is 1. The van der Waals surface area contributed by atoms with E-state index < -0.39 is 30.2 Å². The molecule has 0 aromatic heterocycles. The van der Waals surface area contributed by atoms with Crippen LogP contribution < -0.4 is 11.1 Å². The number of carboxylic acids is 1. The van der Waals surface area contributed by atoms with Crippen LogP contribution in [0.2, 0.25) is 0 Å². The molecule has 2 amide bonds. The molecule has 1 atom stereocenters. The minimum atomic E-state index is -1.26. The number of aliphatic carboxylic acids is 1. The molecule has 0 fully saturated rings. The van der Waals surface area contributed by atoms with Gasteiger partial charge in [0.25, 0.3) is 0 Å². The fourth-order valence-electron chi connectivity index (χ4n) is 1.61. The van der Waals surface area contributed by atoms with E-state index in [0.717, 1.165) is 10.6 Å². The number of hydrogen-bond donors (Lipinski definition) is 3. The molecule has 0 saturated heterocycles. The smallest absolute Gasteiger partial charge is 0.326 e. The maximum absolute atomic E-state index is 11.6. The molecule has 1 aromatic rings. The molecule has 21 heavy (non-hydrogen) atoms. The number of benzene rings is 1. The number of nitrogens with two attached hydrogens (primary N) is 1. The van der Waals surface area contributed by atoms with E-state index in [1.807, 2.05) is 30.3 Å². The Bertz CT molecular complexity index is 493. The van der Waals surface area contributed by atoms with Gasteiger partial charge in [0.15, 0.2) is 0 Å². The number of rotatable bonds is 9. The van der Waals surface area contributed by atoms with Crippen LogP contribution in [0.3, 0.4) is 0 Å². The first-order valence-corrected chi connectivity index (χ1v) is 7.46. The third-order valence-electron chi connectivity index (χ3n) is 2.60. The van der Waals surface area contributed by atoms with Crippen molar-refractivity contribution >= 4 is 29.5 Å². The maximum atomic E-state index is 11.6. The van der Waals surface area contributed by atoms with Crippen molar-refractivity contribution in [2.75, 3.05) is 5.75 Å². The molecule has 1 aromatic carbocycles. The summed E-state index contributed by atoms with van der Waals surface area (Å²) >= 11 is 1.63. The standard InChI is InChI=1S/C14H18N2O4S/c15-12(17)9-11(14(19)20)16-13(18)7-4-8-21-10-5-2-1-3-6-10/h1-3,5-6,11H,4,7-9H2,(H2,15,17)(H,16,18)(H,19,20). The van der Waals surface area contributed by atoms with E-state index in [1.54, 1.807) is 11.8 Å². The number of carboxylic acid groups (broad SMARTS) is 1. The SMILES string of the molecule is NC(=O)CC(NC(=O)CCCSc1ccccc1)C(=O)O. The van der Waals surface area contributed by atoms with Crippen LogP contribution in [0.4, 0.5) is 0 Å². The highest BCUT2D eigenvalue weighted by Gasteiger charge is 2.21. The van der Waals surface area contributed by atoms with E-state index in [1.165, 1.54) is 0 Å². The van der Waals surface area contributed by atoms with Gasteiger partial charge in [-0.3, -0.25) is 9.59 Å². The summed E-state index contributed by atoms with van der Waals surface area (Å²) in [5.74, 6) is -1.66. The number of nitrogens with one attached hydrogen (secondary N) is 1. The third kappa shape index (κ3) is 7.36. The predicted octanol–water partition coefficient (Wildman–Crippen LogP) is 1.00. The van der Waals surface area contributed by atoms with Crippen LogP contribution >= 0.6 is 11.8 Å². The molecule has 4 N–H and O–H groups in total. The molecule has 0 aliphatic rings. The van der Waals surface area contributed by atoms with Crippen molar-refractivity contribution in [3.8, 4) is 0 Å². The molecule has 7 heteroatoms. The van der Waals surface area contributed by atoms with Crippen LogP contribution in [0, 0.1) is 0 Å². The highest BCUT2D eigenvalue weighted by atomic mass is 32.2. The Morgan fingerprint density at radius 2 is 1.90 bits per heavy atom. The highest BCUT2D eigenvalue weighted by molar-refractivity contribution is 7.99. The maximum Gasteiger partial charge on any atom is 0.326 e. The third-order valence-corrected chi connectivity index (χ3v) is 3.70. The van der Waals surface area contributed by atoms with Crippen molar-refractivity contribution in [2.24, 2.45) is 5.73 Å². The Kier molecular flexibility index (Phi) is 7.31. The Morgan fingerprint density at radius 3 is 2.48 bits per heavy atom. The summed E-state index contributed by atoms with van der Waals surface area (Å²) in [6.45, 7) is 0. The monoisotopic (exact) mass is 310 g/mol. The molecule has 1 rings (SSSR count). The van der Waals surface area contributed by atoms with Gasteiger partial charge in [-0.25, -0.2) is 4.79 Å². The van der Waals surface area contributed by atoms with Crippen LogP contribution in [-0.2, 0) is 14.4 Å². The van der Waals surface area contributed by atoms with Gasteiger partial charge in [-0.2, -0.15) is 0 Å². The van der Waals surface area contributed by atoms with Crippen molar-refractivity contribution in [3.05, 3.63) is 30.3 Å². The topological polar surface area (TPSA) is 109 Å². The quantitative estimate of drug-likeness (QED) is 0.466. The van der Waals surface area contributed by atoms with Crippen LogP contribution in [-0.4, -0.2) is 34.7 Å². The largest absolute Gasteiger partial charge is 0.480 e. The normalized spacial score (nSPS) is 11.6. The summed E-state index contributed by atoms with van der Waals surface area (Å²) < 4.78 is 0. The molecule has 6 nitrogen and oxygen atoms in total. The molecule has 0 bridgehead atoms. The molecule has 0 heterocycles. The lowest BCUT2D eigenvalue weighted by Gasteiger charge is -2.12. The fourth-order valence-corrected chi connectivity index (χ4v) is 2.48. The molecule has 0 aliphatic carbocycles. The first kappa shape index (κ1) is 17.0. The zero-order chi connectivity index (χ0) is 15.7. The van der Waals surface area contributed by atoms with E-state index in [0.29, 0.717) is 6.42 Å². The first-order chi connectivity index (χ1) is 9.99. The second-order valence-electron chi connectivity index (χ2n) is 4.39. The van der Waals surface area contributed by atoms with Gasteiger partial charge in [-0.05, 0) is 24.3 Å². The molecular formula is C14H18N2O4S. The van der Waals surface area contributed by atoms with Crippen molar-refractivity contribution in [1.29, 1.82) is 0 Å². The van der Waals surface area contributed by atoms with Gasteiger partial charge < -0.3 is 16.2 Å². The zero-order valence-corrected chi connectivity index (χ0v) is 12.3. The summed E-state index contributed by atoms with van der Waals surface area (Å²) in [5, 5.41) is 11.2. The molecule has 0 saturated carbocycles. The summed E-state index contributed by atoms with van der Waals surface area (Å²) in [5.41, 5.74) is 4.94. The number of carbonyl (C=O) groups excluding carboxylic acids is 2. The van der Waals surface area contributed by atoms with Crippen molar-refractivity contribution in [2.45, 2.75) is 30.2 Å². The minimum Gasteiger partial charge on any atom is -0.480 e. The molecule has 1 unspecified atom stereocenters. The minimum absolute atomic E-state index is 0.211. The number of amides is 2. The molecular weight excluding hydrogens is 292 g/mol. The first-order valence-electron chi connectivity index (χ1n) is 6.47. The summed E-state index contributed by atoms with van der Waals surface area (Å²) in [4.78, 5) is 34.3. The van der Waals surface area contributed by atoms with Gasteiger partial charge in [-0.1, -0.05) is 18.2 Å². The fraction of sp³-hybridized carbons (Fsp3) is 0.357. The van der Waals surface area contributed by atoms with Crippen LogP contribution in [0.25, 0.3) is 0 Å². The Hall–Kier alpha value is -2.02. The van der Waals surface area contributed by atoms with Gasteiger partial charge in [0.2, 0.25) is 11.8 Å². The van der Waals surface area contributed by atoms with Gasteiger partial charge in [-0.15, -0.1) is 11.8 Å². The Labute approximate surface area is 127 Å². The van der Waals surface area contributed by atoms with Gasteiger partial charge >= 0.3 is 5.97 Å². The van der Waals surface area contributed by atoms with Crippen LogP contribution in [0.1, 0.15) is 19.3 Å². The lowest BCUT2D eigenvalue weighted by atomic mass is 10.2. The second kappa shape index (κ2) is 9.02. The average molecular weight is 310 g/mol. The van der Waals surface area contributed by atoms with E-state index in [2.05, 4.69) is 5.32 Å². The number of primary amides is 1. The zero-order valence-electron chi connectivity index (χ0n) is 11.5. The second-order valence-corrected chi connectivity index (χ2v) is 5.56. The van der Waals surface area contributed by atoms with Crippen LogP contribution in [0.5, 0.6) is 0 Å². The van der Waals surface area contributed by atoms with Crippen molar-refractivity contribution < 1.29 is 19.5 Å². The number of carbonyl (C=O) groups is 3. The van der Waals surface area contributed by atoms with E-state index in [-0.39, 0.29) is 6.42 Å². The van der Waals surface area contributed by atoms with E-state index >= 15 is 0 Å². The lowest BCUT2D eigenvalue weighted by molar-refractivity contribution is -0.143. The number of hydrogen-bond acceptors (Lipinski definition) is 4. The molecule has 0 spiro atoms. The molecule has 0 radical (unpaired) electrons. The lowest BCUT2D eigenvalue weighted by Crippen LogP contribution is -2.43. The van der Waals surface area contributed by atoms with Crippen LogP contribution in [0.15, 0.2) is 35.2 Å². The van der Waals surface area contributed by atoms with E-state index in [9.17, 15) is 14.4 Å².